The Morgan fingerprint density at radius 3 is 2.80 bits per heavy atom. The number of nitro groups is 1. The molecule has 2 rings (SSSR count). The molecule has 1 N–H and O–H groups in total. The van der Waals surface area contributed by atoms with Crippen molar-refractivity contribution in [3.8, 4) is 0 Å². The zero-order valence-electron chi connectivity index (χ0n) is 10.7. The largest absolute Gasteiger partial charge is 0.380 e. The van der Waals surface area contributed by atoms with Crippen LogP contribution in [0.15, 0.2) is 36.4 Å². The molecule has 20 heavy (non-hydrogen) atoms. The molecule has 0 saturated heterocycles. The van der Waals surface area contributed by atoms with Gasteiger partial charge in [0.25, 0.3) is 5.69 Å². The number of halogens is 2. The number of hydrogen-bond acceptors (Lipinski definition) is 3. The molecule has 0 spiro atoms. The molecule has 0 unspecified atom stereocenters. The number of rotatable bonds is 4. The standard InChI is InChI=1S/C14H12ClFN2O2/c1-9-12(16)3-2-4-13(9)17-8-10-7-11(15)5-6-14(10)18(19)20/h2-7,17H,8H2,1H3. The van der Waals surface area contributed by atoms with Gasteiger partial charge in [0.2, 0.25) is 0 Å². The van der Waals surface area contributed by atoms with E-state index in [9.17, 15) is 14.5 Å². The fraction of sp³-hybridized carbons (Fsp3) is 0.143. The van der Waals surface area contributed by atoms with Gasteiger partial charge in [-0.15, -0.1) is 0 Å². The van der Waals surface area contributed by atoms with Gasteiger partial charge in [0, 0.05) is 28.9 Å². The number of hydrogen-bond donors (Lipinski definition) is 1. The number of nitrogens with one attached hydrogen (secondary N) is 1. The number of nitrogens with zero attached hydrogens (tertiary/aromatic N) is 1. The topological polar surface area (TPSA) is 55.2 Å². The Hall–Kier alpha value is -2.14. The van der Waals surface area contributed by atoms with Crippen LogP contribution in [0.4, 0.5) is 15.8 Å². The van der Waals surface area contributed by atoms with E-state index in [1.165, 1.54) is 24.3 Å². The molecule has 2 aromatic carbocycles. The fourth-order valence-corrected chi connectivity index (χ4v) is 2.06. The monoisotopic (exact) mass is 294 g/mol. The highest BCUT2D eigenvalue weighted by Crippen LogP contribution is 2.25. The fourth-order valence-electron chi connectivity index (χ4n) is 1.86. The van der Waals surface area contributed by atoms with Crippen molar-refractivity contribution < 1.29 is 9.31 Å². The third-order valence-corrected chi connectivity index (χ3v) is 3.21. The first-order valence-corrected chi connectivity index (χ1v) is 6.28. The van der Waals surface area contributed by atoms with Crippen LogP contribution in [-0.2, 0) is 6.54 Å². The van der Waals surface area contributed by atoms with Gasteiger partial charge in [-0.25, -0.2) is 4.39 Å². The first-order chi connectivity index (χ1) is 9.49. The van der Waals surface area contributed by atoms with Gasteiger partial charge in [-0.2, -0.15) is 0 Å². The first-order valence-electron chi connectivity index (χ1n) is 5.91. The van der Waals surface area contributed by atoms with Crippen LogP contribution in [0.3, 0.4) is 0 Å². The van der Waals surface area contributed by atoms with Gasteiger partial charge in [-0.3, -0.25) is 10.1 Å². The highest BCUT2D eigenvalue weighted by Gasteiger charge is 2.14. The summed E-state index contributed by atoms with van der Waals surface area (Å²) < 4.78 is 13.4. The van der Waals surface area contributed by atoms with E-state index in [-0.39, 0.29) is 18.0 Å². The Labute approximate surface area is 120 Å². The zero-order valence-corrected chi connectivity index (χ0v) is 11.4. The molecule has 0 heterocycles. The second-order valence-corrected chi connectivity index (χ2v) is 4.73. The first kappa shape index (κ1) is 14.3. The number of benzene rings is 2. The molecule has 0 amide bonds. The van der Waals surface area contributed by atoms with Gasteiger partial charge in [0.1, 0.15) is 5.82 Å². The van der Waals surface area contributed by atoms with Gasteiger partial charge in [-0.05, 0) is 31.2 Å². The average molecular weight is 295 g/mol. The molecule has 6 heteroatoms. The van der Waals surface area contributed by atoms with Crippen LogP contribution >= 0.6 is 11.6 Å². The van der Waals surface area contributed by atoms with E-state index in [0.29, 0.717) is 21.8 Å². The molecule has 0 radical (unpaired) electrons. The lowest BCUT2D eigenvalue weighted by Crippen LogP contribution is -2.04. The number of nitro benzene ring substituents is 1. The van der Waals surface area contributed by atoms with Gasteiger partial charge in [-0.1, -0.05) is 17.7 Å². The molecule has 0 saturated carbocycles. The molecule has 0 atom stereocenters. The molecule has 0 fully saturated rings. The normalized spacial score (nSPS) is 10.3. The molecule has 104 valence electrons. The molecule has 0 aliphatic heterocycles. The second-order valence-electron chi connectivity index (χ2n) is 4.30. The summed E-state index contributed by atoms with van der Waals surface area (Å²) in [6.07, 6.45) is 0. The molecular weight excluding hydrogens is 283 g/mol. The van der Waals surface area contributed by atoms with E-state index in [1.807, 2.05) is 0 Å². The molecule has 0 bridgehead atoms. The van der Waals surface area contributed by atoms with Crippen LogP contribution in [0, 0.1) is 22.9 Å². The lowest BCUT2D eigenvalue weighted by atomic mass is 10.1. The minimum absolute atomic E-state index is 0.0176. The van der Waals surface area contributed by atoms with Crippen LogP contribution in [0.5, 0.6) is 0 Å². The predicted octanol–water partition coefficient (Wildman–Crippen LogP) is 4.31. The molecule has 4 nitrogen and oxygen atoms in total. The maximum absolute atomic E-state index is 13.4. The van der Waals surface area contributed by atoms with E-state index in [1.54, 1.807) is 19.1 Å². The zero-order chi connectivity index (χ0) is 14.7. The summed E-state index contributed by atoms with van der Waals surface area (Å²) in [4.78, 5) is 10.5. The second kappa shape index (κ2) is 5.88. The van der Waals surface area contributed by atoms with Crippen molar-refractivity contribution in [1.29, 1.82) is 0 Å². The third-order valence-electron chi connectivity index (χ3n) is 2.98. The van der Waals surface area contributed by atoms with Crippen LogP contribution in [0.1, 0.15) is 11.1 Å². The van der Waals surface area contributed by atoms with Crippen molar-refractivity contribution in [3.63, 3.8) is 0 Å². The van der Waals surface area contributed by atoms with Crippen molar-refractivity contribution in [2.45, 2.75) is 13.5 Å². The highest BCUT2D eigenvalue weighted by molar-refractivity contribution is 6.30. The smallest absolute Gasteiger partial charge is 0.274 e. The Kier molecular flexibility index (Phi) is 4.20. The Morgan fingerprint density at radius 2 is 2.10 bits per heavy atom. The third kappa shape index (κ3) is 3.05. The summed E-state index contributed by atoms with van der Waals surface area (Å²) in [6.45, 7) is 1.84. The minimum Gasteiger partial charge on any atom is -0.380 e. The summed E-state index contributed by atoms with van der Waals surface area (Å²) in [7, 11) is 0. The SMILES string of the molecule is Cc1c(F)cccc1NCc1cc(Cl)ccc1[N+](=O)[O-]. The van der Waals surface area contributed by atoms with Crippen LogP contribution in [0.25, 0.3) is 0 Å². The lowest BCUT2D eigenvalue weighted by Gasteiger charge is -2.10. The van der Waals surface area contributed by atoms with Gasteiger partial charge in [0.05, 0.1) is 10.5 Å². The summed E-state index contributed by atoms with van der Waals surface area (Å²) >= 11 is 5.85. The maximum Gasteiger partial charge on any atom is 0.274 e. The molecule has 0 aliphatic carbocycles. The van der Waals surface area contributed by atoms with Crippen molar-refractivity contribution >= 4 is 23.0 Å². The van der Waals surface area contributed by atoms with E-state index in [2.05, 4.69) is 5.32 Å². The van der Waals surface area contributed by atoms with E-state index < -0.39 is 4.92 Å². The quantitative estimate of drug-likeness (QED) is 0.675. The maximum atomic E-state index is 13.4. The molecule has 2 aromatic rings. The summed E-state index contributed by atoms with van der Waals surface area (Å²) in [5.74, 6) is -0.324. The minimum atomic E-state index is -0.466. The Morgan fingerprint density at radius 1 is 1.35 bits per heavy atom. The van der Waals surface area contributed by atoms with Crippen LogP contribution < -0.4 is 5.32 Å². The Balaban J connectivity index is 2.24. The summed E-state index contributed by atoms with van der Waals surface area (Å²) in [5.41, 5.74) is 1.50. The number of anilines is 1. The molecule has 0 aliphatic rings. The average Bonchev–Trinajstić information content (AvgIpc) is 2.40. The summed E-state index contributed by atoms with van der Waals surface area (Å²) in [5, 5.41) is 14.3. The van der Waals surface area contributed by atoms with Crippen molar-refractivity contribution in [1.82, 2.24) is 0 Å². The predicted molar refractivity (Wildman–Crippen MR) is 76.6 cm³/mol. The van der Waals surface area contributed by atoms with E-state index in [4.69, 9.17) is 11.6 Å². The van der Waals surface area contributed by atoms with Gasteiger partial charge in [0.15, 0.2) is 0 Å². The van der Waals surface area contributed by atoms with Crippen molar-refractivity contribution in [3.05, 3.63) is 68.5 Å². The van der Waals surface area contributed by atoms with Crippen molar-refractivity contribution in [2.24, 2.45) is 0 Å². The van der Waals surface area contributed by atoms with E-state index >= 15 is 0 Å². The van der Waals surface area contributed by atoms with E-state index in [0.717, 1.165) is 0 Å². The molecule has 0 aromatic heterocycles. The van der Waals surface area contributed by atoms with Crippen LogP contribution in [-0.4, -0.2) is 4.92 Å². The van der Waals surface area contributed by atoms with Crippen molar-refractivity contribution in [2.75, 3.05) is 5.32 Å². The highest BCUT2D eigenvalue weighted by atomic mass is 35.5. The lowest BCUT2D eigenvalue weighted by molar-refractivity contribution is -0.385. The van der Waals surface area contributed by atoms with Gasteiger partial charge >= 0.3 is 0 Å². The van der Waals surface area contributed by atoms with Crippen LogP contribution in [0.2, 0.25) is 5.02 Å². The summed E-state index contributed by atoms with van der Waals surface area (Å²) in [6, 6.07) is 9.02. The Bertz CT molecular complexity index is 662. The van der Waals surface area contributed by atoms with Gasteiger partial charge < -0.3 is 5.32 Å². The molecular formula is C14H12ClFN2O2.